The SMILES string of the molecule is Cc1ccccc1OCC(=O)N/N=C/c1cccc(OC(=O)c2ccccc2Br)c1. The number of nitrogens with one attached hydrogen (secondary N) is 1. The van der Waals surface area contributed by atoms with Crippen LogP contribution in [0.3, 0.4) is 0 Å². The number of hydrogen-bond acceptors (Lipinski definition) is 5. The van der Waals surface area contributed by atoms with Gasteiger partial charge in [0, 0.05) is 4.47 Å². The number of halogens is 1. The number of carbonyl (C=O) groups is 2. The zero-order valence-corrected chi connectivity index (χ0v) is 17.8. The molecule has 0 saturated carbocycles. The Morgan fingerprint density at radius 3 is 2.60 bits per heavy atom. The second-order valence-electron chi connectivity index (χ2n) is 6.29. The van der Waals surface area contributed by atoms with E-state index in [9.17, 15) is 9.59 Å². The second-order valence-corrected chi connectivity index (χ2v) is 7.14. The molecule has 1 N–H and O–H groups in total. The molecular weight excluding hydrogens is 448 g/mol. The molecule has 0 atom stereocenters. The Labute approximate surface area is 182 Å². The van der Waals surface area contributed by atoms with E-state index in [1.54, 1.807) is 48.5 Å². The molecule has 0 aromatic heterocycles. The molecule has 152 valence electrons. The molecule has 0 fully saturated rings. The minimum absolute atomic E-state index is 0.147. The van der Waals surface area contributed by atoms with E-state index < -0.39 is 5.97 Å². The molecule has 1 amide bonds. The highest BCUT2D eigenvalue weighted by Gasteiger charge is 2.12. The largest absolute Gasteiger partial charge is 0.483 e. The Morgan fingerprint density at radius 2 is 1.80 bits per heavy atom. The number of ether oxygens (including phenoxy) is 2. The van der Waals surface area contributed by atoms with Crippen LogP contribution in [0.15, 0.2) is 82.4 Å². The van der Waals surface area contributed by atoms with Gasteiger partial charge in [0.15, 0.2) is 6.61 Å². The zero-order chi connectivity index (χ0) is 21.3. The molecule has 3 aromatic rings. The summed E-state index contributed by atoms with van der Waals surface area (Å²) in [5.41, 5.74) is 4.44. The van der Waals surface area contributed by atoms with Crippen molar-refractivity contribution in [2.45, 2.75) is 6.92 Å². The van der Waals surface area contributed by atoms with Crippen LogP contribution in [0.2, 0.25) is 0 Å². The maximum absolute atomic E-state index is 12.3. The number of carbonyl (C=O) groups excluding carboxylic acids is 2. The van der Waals surface area contributed by atoms with Crippen LogP contribution in [0.25, 0.3) is 0 Å². The predicted octanol–water partition coefficient (Wildman–Crippen LogP) is 4.51. The lowest BCUT2D eigenvalue weighted by Gasteiger charge is -2.07. The van der Waals surface area contributed by atoms with Crippen LogP contribution in [0, 0.1) is 6.92 Å². The van der Waals surface area contributed by atoms with Gasteiger partial charge in [-0.2, -0.15) is 5.10 Å². The molecule has 3 aromatic carbocycles. The van der Waals surface area contributed by atoms with Crippen LogP contribution in [-0.2, 0) is 4.79 Å². The van der Waals surface area contributed by atoms with E-state index in [0.29, 0.717) is 27.1 Å². The van der Waals surface area contributed by atoms with Gasteiger partial charge < -0.3 is 9.47 Å². The van der Waals surface area contributed by atoms with Gasteiger partial charge >= 0.3 is 5.97 Å². The monoisotopic (exact) mass is 466 g/mol. The molecule has 0 spiro atoms. The fourth-order valence-corrected chi connectivity index (χ4v) is 2.97. The lowest BCUT2D eigenvalue weighted by molar-refractivity contribution is -0.123. The minimum atomic E-state index is -0.474. The third-order valence-corrected chi connectivity index (χ3v) is 4.71. The van der Waals surface area contributed by atoms with Crippen LogP contribution in [0.4, 0.5) is 0 Å². The van der Waals surface area contributed by atoms with Crippen molar-refractivity contribution in [3.05, 3.63) is 94.0 Å². The lowest BCUT2D eigenvalue weighted by atomic mass is 10.2. The van der Waals surface area contributed by atoms with E-state index in [1.807, 2.05) is 31.2 Å². The maximum Gasteiger partial charge on any atom is 0.344 e. The zero-order valence-electron chi connectivity index (χ0n) is 16.2. The number of benzene rings is 3. The number of esters is 1. The van der Waals surface area contributed by atoms with E-state index in [1.165, 1.54) is 6.21 Å². The molecule has 3 rings (SSSR count). The molecule has 7 heteroatoms. The number of amides is 1. The minimum Gasteiger partial charge on any atom is -0.483 e. The van der Waals surface area contributed by atoms with Crippen LogP contribution < -0.4 is 14.9 Å². The van der Waals surface area contributed by atoms with Crippen molar-refractivity contribution in [1.29, 1.82) is 0 Å². The van der Waals surface area contributed by atoms with Crippen molar-refractivity contribution >= 4 is 34.0 Å². The van der Waals surface area contributed by atoms with E-state index in [2.05, 4.69) is 26.5 Å². The molecule has 0 radical (unpaired) electrons. The van der Waals surface area contributed by atoms with Crippen molar-refractivity contribution in [1.82, 2.24) is 5.43 Å². The summed E-state index contributed by atoms with van der Waals surface area (Å²) in [6.45, 7) is 1.76. The van der Waals surface area contributed by atoms with Gasteiger partial charge in [0.05, 0.1) is 11.8 Å². The fraction of sp³-hybridized carbons (Fsp3) is 0.0870. The average molecular weight is 467 g/mol. The summed E-state index contributed by atoms with van der Waals surface area (Å²) >= 11 is 3.33. The summed E-state index contributed by atoms with van der Waals surface area (Å²) in [5.74, 6) is 0.161. The summed E-state index contributed by atoms with van der Waals surface area (Å²) in [6.07, 6.45) is 1.46. The van der Waals surface area contributed by atoms with E-state index >= 15 is 0 Å². The van der Waals surface area contributed by atoms with Gasteiger partial charge in [-0.15, -0.1) is 0 Å². The number of nitrogens with zero attached hydrogens (tertiary/aromatic N) is 1. The number of para-hydroxylation sites is 1. The molecule has 0 heterocycles. The predicted molar refractivity (Wildman–Crippen MR) is 118 cm³/mol. The van der Waals surface area contributed by atoms with E-state index in [0.717, 1.165) is 5.56 Å². The molecule has 0 saturated heterocycles. The smallest absolute Gasteiger partial charge is 0.344 e. The summed E-state index contributed by atoms with van der Waals surface area (Å²) in [4.78, 5) is 24.2. The van der Waals surface area contributed by atoms with Crippen molar-refractivity contribution in [2.75, 3.05) is 6.61 Å². The fourth-order valence-electron chi connectivity index (χ4n) is 2.52. The summed E-state index contributed by atoms with van der Waals surface area (Å²) in [5, 5.41) is 3.92. The molecule has 0 aliphatic heterocycles. The Kier molecular flexibility index (Phi) is 7.34. The third-order valence-electron chi connectivity index (χ3n) is 4.02. The Bertz CT molecular complexity index is 1080. The lowest BCUT2D eigenvalue weighted by Crippen LogP contribution is -2.24. The van der Waals surface area contributed by atoms with Crippen molar-refractivity contribution in [3.8, 4) is 11.5 Å². The second kappa shape index (κ2) is 10.4. The Morgan fingerprint density at radius 1 is 1.03 bits per heavy atom. The van der Waals surface area contributed by atoms with Crippen molar-refractivity contribution < 1.29 is 19.1 Å². The first-order valence-corrected chi connectivity index (χ1v) is 9.89. The number of hydrazone groups is 1. The van der Waals surface area contributed by atoms with Gasteiger partial charge in [0.25, 0.3) is 5.91 Å². The highest BCUT2D eigenvalue weighted by Crippen LogP contribution is 2.20. The topological polar surface area (TPSA) is 77.0 Å². The summed E-state index contributed by atoms with van der Waals surface area (Å²) in [7, 11) is 0. The van der Waals surface area contributed by atoms with Gasteiger partial charge in [-0.25, -0.2) is 10.2 Å². The first-order valence-electron chi connectivity index (χ1n) is 9.10. The summed E-state index contributed by atoms with van der Waals surface area (Å²) in [6, 6.07) is 21.3. The molecule has 0 aliphatic carbocycles. The van der Waals surface area contributed by atoms with Gasteiger partial charge in [-0.3, -0.25) is 4.79 Å². The van der Waals surface area contributed by atoms with Crippen molar-refractivity contribution in [2.24, 2.45) is 5.10 Å². The molecular formula is C23H19BrN2O4. The maximum atomic E-state index is 12.3. The van der Waals surface area contributed by atoms with E-state index in [-0.39, 0.29) is 12.5 Å². The van der Waals surface area contributed by atoms with Gasteiger partial charge in [0.1, 0.15) is 11.5 Å². The van der Waals surface area contributed by atoms with Gasteiger partial charge in [-0.05, 0) is 64.3 Å². The average Bonchev–Trinajstić information content (AvgIpc) is 2.74. The van der Waals surface area contributed by atoms with Crippen LogP contribution >= 0.6 is 15.9 Å². The Hall–Kier alpha value is -3.45. The standard InChI is InChI=1S/C23H19BrN2O4/c1-16-7-2-5-12-21(16)29-15-22(27)26-25-14-17-8-6-9-18(13-17)30-23(28)19-10-3-4-11-20(19)24/h2-14H,15H2,1H3,(H,26,27)/b25-14+. The van der Waals surface area contributed by atoms with Gasteiger partial charge in [-0.1, -0.05) is 42.5 Å². The number of rotatable bonds is 7. The molecule has 0 unspecified atom stereocenters. The Balaban J connectivity index is 1.54. The summed E-state index contributed by atoms with van der Waals surface area (Å²) < 4.78 is 11.5. The first-order chi connectivity index (χ1) is 14.5. The molecule has 0 aliphatic rings. The van der Waals surface area contributed by atoms with E-state index in [4.69, 9.17) is 9.47 Å². The normalized spacial score (nSPS) is 10.6. The highest BCUT2D eigenvalue weighted by atomic mass is 79.9. The van der Waals surface area contributed by atoms with Crippen LogP contribution in [0.1, 0.15) is 21.5 Å². The number of hydrogen-bond donors (Lipinski definition) is 1. The van der Waals surface area contributed by atoms with Gasteiger partial charge in [0.2, 0.25) is 0 Å². The molecule has 6 nitrogen and oxygen atoms in total. The molecule has 30 heavy (non-hydrogen) atoms. The highest BCUT2D eigenvalue weighted by molar-refractivity contribution is 9.10. The quantitative estimate of drug-likeness (QED) is 0.240. The molecule has 0 bridgehead atoms. The van der Waals surface area contributed by atoms with Crippen molar-refractivity contribution in [3.63, 3.8) is 0 Å². The first kappa shape index (κ1) is 21.3. The van der Waals surface area contributed by atoms with Crippen LogP contribution in [0.5, 0.6) is 11.5 Å². The number of aryl methyl sites for hydroxylation is 1. The third kappa shape index (κ3) is 6.02. The van der Waals surface area contributed by atoms with Crippen LogP contribution in [-0.4, -0.2) is 24.7 Å².